The molecular formula is C20H20N4O2S. The smallest absolute Gasteiger partial charge is 0.258 e. The number of hydrogen-bond acceptors (Lipinski definition) is 5. The van der Waals surface area contributed by atoms with Crippen LogP contribution < -0.4 is 10.2 Å². The number of amides is 1. The first-order valence-electron chi connectivity index (χ1n) is 8.36. The summed E-state index contributed by atoms with van der Waals surface area (Å²) in [5.41, 5.74) is 2.85. The molecule has 2 heterocycles. The van der Waals surface area contributed by atoms with Gasteiger partial charge in [-0.1, -0.05) is 18.2 Å². The number of aromatic nitrogens is 2. The number of nitrogens with zero attached hydrogens (tertiary/aromatic N) is 3. The monoisotopic (exact) mass is 380 g/mol. The van der Waals surface area contributed by atoms with E-state index in [1.54, 1.807) is 42.9 Å². The summed E-state index contributed by atoms with van der Waals surface area (Å²) in [6.45, 7) is 0. The minimum Gasteiger partial charge on any atom is -0.377 e. The maximum atomic E-state index is 13.0. The summed E-state index contributed by atoms with van der Waals surface area (Å²) in [6, 6.07) is 14.4. The van der Waals surface area contributed by atoms with E-state index in [2.05, 4.69) is 15.3 Å². The Hall–Kier alpha value is -3.06. The van der Waals surface area contributed by atoms with Gasteiger partial charge in [0.05, 0.1) is 22.1 Å². The number of benzene rings is 1. The first-order valence-corrected chi connectivity index (χ1v) is 9.68. The summed E-state index contributed by atoms with van der Waals surface area (Å²) >= 11 is 0. The molecule has 0 aliphatic rings. The van der Waals surface area contributed by atoms with Crippen LogP contribution >= 0.6 is 0 Å². The molecule has 0 saturated heterocycles. The van der Waals surface area contributed by atoms with Crippen molar-refractivity contribution in [3.05, 3.63) is 78.2 Å². The third-order valence-corrected chi connectivity index (χ3v) is 5.26. The molecular weight excluding hydrogens is 360 g/mol. The van der Waals surface area contributed by atoms with Crippen LogP contribution in [0.1, 0.15) is 15.9 Å². The summed E-state index contributed by atoms with van der Waals surface area (Å²) < 4.78 is 13.0. The molecule has 0 aliphatic carbocycles. The van der Waals surface area contributed by atoms with Gasteiger partial charge in [0.2, 0.25) is 0 Å². The zero-order valence-electron chi connectivity index (χ0n) is 15.1. The second-order valence-corrected chi connectivity index (χ2v) is 7.43. The highest BCUT2D eigenvalue weighted by molar-refractivity contribution is 7.84. The summed E-state index contributed by atoms with van der Waals surface area (Å²) in [5.74, 6) is -0.0699. The van der Waals surface area contributed by atoms with Crippen molar-refractivity contribution in [2.75, 3.05) is 24.3 Å². The Bertz CT molecular complexity index is 961. The number of carbonyl (C=O) groups is 1. The summed E-state index contributed by atoms with van der Waals surface area (Å²) in [4.78, 5) is 22.8. The lowest BCUT2D eigenvalue weighted by Crippen LogP contribution is -2.17. The zero-order chi connectivity index (χ0) is 19.2. The van der Waals surface area contributed by atoms with Gasteiger partial charge in [0.15, 0.2) is 0 Å². The number of pyridine rings is 2. The largest absolute Gasteiger partial charge is 0.377 e. The van der Waals surface area contributed by atoms with E-state index in [0.717, 1.165) is 11.3 Å². The molecule has 1 atom stereocenters. The SMILES string of the molecule is CN(C)c1ccccc1CS(=O)c1ncccc1C(=O)Nc1ccncc1. The maximum absolute atomic E-state index is 13.0. The predicted molar refractivity (Wildman–Crippen MR) is 107 cm³/mol. The Labute approximate surface area is 160 Å². The lowest BCUT2D eigenvalue weighted by molar-refractivity contribution is 0.102. The van der Waals surface area contributed by atoms with Crippen LogP contribution in [0, 0.1) is 0 Å². The number of hydrogen-bond donors (Lipinski definition) is 1. The molecule has 0 fully saturated rings. The van der Waals surface area contributed by atoms with Gasteiger partial charge in [-0.15, -0.1) is 0 Å². The third-order valence-electron chi connectivity index (χ3n) is 3.93. The molecule has 0 spiro atoms. The standard InChI is InChI=1S/C20H20N4O2S/c1-24(2)18-8-4-3-6-15(18)14-27(26)20-17(7-5-11-22-20)19(25)23-16-9-12-21-13-10-16/h3-13H,14H2,1-2H3,(H,21,23,25). The van der Waals surface area contributed by atoms with Crippen molar-refractivity contribution < 1.29 is 9.00 Å². The van der Waals surface area contributed by atoms with Gasteiger partial charge in [0.25, 0.3) is 5.91 Å². The van der Waals surface area contributed by atoms with Crippen molar-refractivity contribution in [1.29, 1.82) is 0 Å². The Balaban J connectivity index is 1.85. The number of carbonyl (C=O) groups excluding carboxylic acids is 1. The van der Waals surface area contributed by atoms with E-state index in [0.29, 0.717) is 11.3 Å². The average Bonchev–Trinajstić information content (AvgIpc) is 2.69. The van der Waals surface area contributed by atoms with Crippen molar-refractivity contribution in [2.45, 2.75) is 10.8 Å². The molecule has 138 valence electrons. The normalized spacial score (nSPS) is 11.6. The summed E-state index contributed by atoms with van der Waals surface area (Å²) in [7, 11) is 2.42. The molecule has 1 amide bonds. The van der Waals surface area contributed by atoms with Gasteiger partial charge in [-0.2, -0.15) is 0 Å². The first-order chi connectivity index (χ1) is 13.1. The van der Waals surface area contributed by atoms with Crippen molar-refractivity contribution >= 4 is 28.1 Å². The summed E-state index contributed by atoms with van der Waals surface area (Å²) in [6.07, 6.45) is 4.74. The Morgan fingerprint density at radius 2 is 1.78 bits per heavy atom. The van der Waals surface area contributed by atoms with Gasteiger partial charge in [-0.3, -0.25) is 14.0 Å². The van der Waals surface area contributed by atoms with Crippen LogP contribution in [0.2, 0.25) is 0 Å². The van der Waals surface area contributed by atoms with E-state index >= 15 is 0 Å². The van der Waals surface area contributed by atoms with E-state index in [9.17, 15) is 9.00 Å². The van der Waals surface area contributed by atoms with Gasteiger partial charge in [-0.05, 0) is 35.9 Å². The fraction of sp³-hybridized carbons (Fsp3) is 0.150. The molecule has 1 N–H and O–H groups in total. The van der Waals surface area contributed by atoms with E-state index < -0.39 is 10.8 Å². The molecule has 3 rings (SSSR count). The van der Waals surface area contributed by atoms with Gasteiger partial charge in [0.1, 0.15) is 5.03 Å². The van der Waals surface area contributed by atoms with Crippen LogP contribution in [0.5, 0.6) is 0 Å². The van der Waals surface area contributed by atoms with E-state index in [1.807, 2.05) is 43.3 Å². The lowest BCUT2D eigenvalue weighted by atomic mass is 10.2. The number of nitrogens with one attached hydrogen (secondary N) is 1. The zero-order valence-corrected chi connectivity index (χ0v) is 15.9. The molecule has 27 heavy (non-hydrogen) atoms. The average molecular weight is 380 g/mol. The van der Waals surface area contributed by atoms with Gasteiger partial charge < -0.3 is 10.2 Å². The second kappa shape index (κ2) is 8.55. The molecule has 0 radical (unpaired) electrons. The van der Waals surface area contributed by atoms with Crippen LogP contribution in [0.25, 0.3) is 0 Å². The molecule has 1 unspecified atom stereocenters. The molecule has 0 aliphatic heterocycles. The summed E-state index contributed by atoms with van der Waals surface area (Å²) in [5, 5.41) is 3.06. The Morgan fingerprint density at radius 1 is 1.04 bits per heavy atom. The highest BCUT2D eigenvalue weighted by Crippen LogP contribution is 2.23. The number of anilines is 2. The fourth-order valence-electron chi connectivity index (χ4n) is 2.66. The van der Waals surface area contributed by atoms with E-state index in [-0.39, 0.29) is 16.7 Å². The molecule has 1 aromatic carbocycles. The van der Waals surface area contributed by atoms with Gasteiger partial charge in [-0.25, -0.2) is 4.98 Å². The van der Waals surface area contributed by atoms with Crippen LogP contribution in [0.3, 0.4) is 0 Å². The van der Waals surface area contributed by atoms with Crippen molar-refractivity contribution in [1.82, 2.24) is 9.97 Å². The predicted octanol–water partition coefficient (Wildman–Crippen LogP) is 3.10. The molecule has 0 saturated carbocycles. The number of para-hydroxylation sites is 1. The molecule has 0 bridgehead atoms. The van der Waals surface area contributed by atoms with Crippen molar-refractivity contribution in [3.63, 3.8) is 0 Å². The Kier molecular flexibility index (Phi) is 5.93. The van der Waals surface area contributed by atoms with Crippen LogP contribution in [-0.2, 0) is 16.6 Å². The lowest BCUT2D eigenvalue weighted by Gasteiger charge is -2.17. The maximum Gasteiger partial charge on any atom is 0.258 e. The highest BCUT2D eigenvalue weighted by Gasteiger charge is 2.19. The van der Waals surface area contributed by atoms with Crippen molar-refractivity contribution in [3.8, 4) is 0 Å². The Morgan fingerprint density at radius 3 is 2.52 bits per heavy atom. The van der Waals surface area contributed by atoms with Crippen molar-refractivity contribution in [2.24, 2.45) is 0 Å². The van der Waals surface area contributed by atoms with Crippen LogP contribution in [-0.4, -0.2) is 34.2 Å². The van der Waals surface area contributed by atoms with Gasteiger partial charge in [0, 0.05) is 44.1 Å². The van der Waals surface area contributed by atoms with Gasteiger partial charge >= 0.3 is 0 Å². The van der Waals surface area contributed by atoms with E-state index in [1.165, 1.54) is 0 Å². The highest BCUT2D eigenvalue weighted by atomic mass is 32.2. The fourth-order valence-corrected chi connectivity index (χ4v) is 3.91. The minimum absolute atomic E-state index is 0.276. The van der Waals surface area contributed by atoms with Crippen LogP contribution in [0.15, 0.2) is 72.1 Å². The molecule has 7 heteroatoms. The topological polar surface area (TPSA) is 75.2 Å². The van der Waals surface area contributed by atoms with Crippen LogP contribution in [0.4, 0.5) is 11.4 Å². The molecule has 2 aromatic heterocycles. The first kappa shape index (κ1) is 18.7. The molecule has 6 nitrogen and oxygen atoms in total. The molecule has 3 aromatic rings. The van der Waals surface area contributed by atoms with E-state index in [4.69, 9.17) is 0 Å². The number of rotatable bonds is 6. The third kappa shape index (κ3) is 4.57. The quantitative estimate of drug-likeness (QED) is 0.711. The minimum atomic E-state index is -1.46. The second-order valence-electron chi connectivity index (χ2n) is 6.06.